The maximum Gasteiger partial charge on any atom is 0.328 e. The highest BCUT2D eigenvalue weighted by atomic mass is 16.4. The first-order valence-electron chi connectivity index (χ1n) is 6.99. The number of fused-ring (bicyclic) bond motifs is 1. The third-order valence-electron chi connectivity index (χ3n) is 4.23. The maximum absolute atomic E-state index is 11.3. The van der Waals surface area contributed by atoms with E-state index in [0.29, 0.717) is 12.2 Å². The number of hydrogen-bond donors (Lipinski definition) is 2. The highest BCUT2D eigenvalue weighted by Crippen LogP contribution is 2.37. The molecule has 2 atom stereocenters. The SMILES string of the molecule is Cc1ccc(C2CCC(C(=O)O)n3nc(N)nc32)cc1C. The van der Waals surface area contributed by atoms with E-state index in [1.54, 1.807) is 0 Å². The zero-order chi connectivity index (χ0) is 15.1. The van der Waals surface area contributed by atoms with Crippen molar-refractivity contribution in [3.63, 3.8) is 0 Å². The van der Waals surface area contributed by atoms with Crippen molar-refractivity contribution >= 4 is 11.9 Å². The van der Waals surface area contributed by atoms with Gasteiger partial charge in [-0.05, 0) is 43.4 Å². The summed E-state index contributed by atoms with van der Waals surface area (Å²) in [5, 5.41) is 13.4. The van der Waals surface area contributed by atoms with E-state index in [2.05, 4.69) is 42.1 Å². The number of carboxylic acid groups (broad SMARTS) is 1. The molecule has 1 aliphatic rings. The first-order valence-corrected chi connectivity index (χ1v) is 6.99. The highest BCUT2D eigenvalue weighted by molar-refractivity contribution is 5.72. The normalized spacial score (nSPS) is 21.0. The molecule has 1 aliphatic heterocycles. The van der Waals surface area contributed by atoms with E-state index in [-0.39, 0.29) is 11.9 Å². The van der Waals surface area contributed by atoms with Gasteiger partial charge in [-0.1, -0.05) is 18.2 Å². The molecule has 2 aromatic rings. The topological polar surface area (TPSA) is 94.0 Å². The quantitative estimate of drug-likeness (QED) is 0.881. The average Bonchev–Trinajstić information content (AvgIpc) is 2.81. The van der Waals surface area contributed by atoms with Gasteiger partial charge in [0.25, 0.3) is 0 Å². The minimum atomic E-state index is -0.889. The Morgan fingerprint density at radius 3 is 2.76 bits per heavy atom. The van der Waals surface area contributed by atoms with Crippen LogP contribution in [0, 0.1) is 13.8 Å². The number of rotatable bonds is 2. The fourth-order valence-corrected chi connectivity index (χ4v) is 2.92. The monoisotopic (exact) mass is 286 g/mol. The molecule has 6 heteroatoms. The van der Waals surface area contributed by atoms with Crippen LogP contribution < -0.4 is 5.73 Å². The summed E-state index contributed by atoms with van der Waals surface area (Å²) in [6, 6.07) is 5.62. The number of anilines is 1. The zero-order valence-electron chi connectivity index (χ0n) is 12.1. The third-order valence-corrected chi connectivity index (χ3v) is 4.23. The Morgan fingerprint density at radius 2 is 2.10 bits per heavy atom. The number of aryl methyl sites for hydroxylation is 2. The predicted octanol–water partition coefficient (Wildman–Crippen LogP) is 2.03. The van der Waals surface area contributed by atoms with Crippen molar-refractivity contribution in [2.45, 2.75) is 38.6 Å². The van der Waals surface area contributed by atoms with Crippen molar-refractivity contribution in [3.8, 4) is 0 Å². The number of aromatic nitrogens is 3. The van der Waals surface area contributed by atoms with Gasteiger partial charge in [0.2, 0.25) is 5.95 Å². The summed E-state index contributed by atoms with van der Waals surface area (Å²) in [6.07, 6.45) is 1.26. The summed E-state index contributed by atoms with van der Waals surface area (Å²) in [4.78, 5) is 15.6. The Kier molecular flexibility index (Phi) is 3.16. The minimum absolute atomic E-state index is 0.0460. The Morgan fingerprint density at radius 1 is 1.33 bits per heavy atom. The number of nitrogen functional groups attached to an aromatic ring is 1. The molecule has 0 saturated carbocycles. The minimum Gasteiger partial charge on any atom is -0.480 e. The van der Waals surface area contributed by atoms with Crippen LogP contribution >= 0.6 is 0 Å². The molecule has 3 rings (SSSR count). The molecule has 1 aromatic heterocycles. The number of hydrogen-bond acceptors (Lipinski definition) is 4. The van der Waals surface area contributed by atoms with Crippen molar-refractivity contribution in [2.75, 3.05) is 5.73 Å². The van der Waals surface area contributed by atoms with Crippen molar-refractivity contribution in [3.05, 3.63) is 40.7 Å². The van der Waals surface area contributed by atoms with Crippen LogP contribution in [-0.2, 0) is 4.79 Å². The predicted molar refractivity (Wildman–Crippen MR) is 78.1 cm³/mol. The first-order chi connectivity index (χ1) is 9.97. The summed E-state index contributed by atoms with van der Waals surface area (Å²) < 4.78 is 1.47. The van der Waals surface area contributed by atoms with Gasteiger partial charge in [-0.15, -0.1) is 5.10 Å². The summed E-state index contributed by atoms with van der Waals surface area (Å²) >= 11 is 0. The molecule has 0 bridgehead atoms. The van der Waals surface area contributed by atoms with Gasteiger partial charge in [0.05, 0.1) is 0 Å². The largest absolute Gasteiger partial charge is 0.480 e. The molecular formula is C15H18N4O2. The molecule has 0 radical (unpaired) electrons. The Labute approximate surface area is 122 Å². The second-order valence-electron chi connectivity index (χ2n) is 5.60. The van der Waals surface area contributed by atoms with E-state index < -0.39 is 12.0 Å². The van der Waals surface area contributed by atoms with Crippen LogP contribution in [0.5, 0.6) is 0 Å². The van der Waals surface area contributed by atoms with Crippen molar-refractivity contribution in [1.82, 2.24) is 14.8 Å². The lowest BCUT2D eigenvalue weighted by Crippen LogP contribution is -2.28. The fraction of sp³-hybridized carbons (Fsp3) is 0.400. The Hall–Kier alpha value is -2.37. The molecule has 0 fully saturated rings. The molecule has 0 saturated heterocycles. The van der Waals surface area contributed by atoms with Crippen molar-refractivity contribution in [2.24, 2.45) is 0 Å². The van der Waals surface area contributed by atoms with Crippen molar-refractivity contribution in [1.29, 1.82) is 0 Å². The van der Waals surface area contributed by atoms with Gasteiger partial charge >= 0.3 is 5.97 Å². The van der Waals surface area contributed by atoms with Crippen LogP contribution in [0.2, 0.25) is 0 Å². The van der Waals surface area contributed by atoms with Gasteiger partial charge in [0.1, 0.15) is 5.82 Å². The van der Waals surface area contributed by atoms with Gasteiger partial charge in [0, 0.05) is 5.92 Å². The molecule has 3 N–H and O–H groups in total. The van der Waals surface area contributed by atoms with Crippen LogP contribution in [0.25, 0.3) is 0 Å². The van der Waals surface area contributed by atoms with E-state index in [4.69, 9.17) is 5.73 Å². The lowest BCUT2D eigenvalue weighted by molar-refractivity contribution is -0.141. The van der Waals surface area contributed by atoms with Gasteiger partial charge in [-0.25, -0.2) is 9.48 Å². The molecular weight excluding hydrogens is 268 g/mol. The molecule has 2 unspecified atom stereocenters. The third kappa shape index (κ3) is 2.26. The van der Waals surface area contributed by atoms with E-state index in [0.717, 1.165) is 12.0 Å². The number of aliphatic carboxylic acids is 1. The molecule has 0 aliphatic carbocycles. The summed E-state index contributed by atoms with van der Waals surface area (Å²) in [5.41, 5.74) is 9.26. The first kappa shape index (κ1) is 13.6. The molecule has 2 heterocycles. The summed E-state index contributed by atoms with van der Waals surface area (Å²) in [6.45, 7) is 4.14. The molecule has 110 valence electrons. The van der Waals surface area contributed by atoms with E-state index in [1.165, 1.54) is 15.8 Å². The summed E-state index contributed by atoms with van der Waals surface area (Å²) in [7, 11) is 0. The number of nitrogens with zero attached hydrogens (tertiary/aromatic N) is 3. The molecule has 0 amide bonds. The second kappa shape index (κ2) is 4.87. The Balaban J connectivity index is 2.06. The lowest BCUT2D eigenvalue weighted by atomic mass is 9.87. The molecule has 21 heavy (non-hydrogen) atoms. The number of nitrogens with two attached hydrogens (primary N) is 1. The standard InChI is InChI=1S/C15H18N4O2/c1-8-3-4-10(7-9(8)2)11-5-6-12(14(20)21)19-13(11)17-15(16)18-19/h3-4,7,11-12H,5-6H2,1-2H3,(H2,16,18)(H,20,21). The van der Waals surface area contributed by atoms with Crippen LogP contribution in [-0.4, -0.2) is 25.8 Å². The van der Waals surface area contributed by atoms with Crippen molar-refractivity contribution < 1.29 is 9.90 Å². The van der Waals surface area contributed by atoms with E-state index in [9.17, 15) is 9.90 Å². The zero-order valence-corrected chi connectivity index (χ0v) is 12.1. The van der Waals surface area contributed by atoms with Crippen LogP contribution in [0.4, 0.5) is 5.95 Å². The molecule has 0 spiro atoms. The van der Waals surface area contributed by atoms with E-state index in [1.807, 2.05) is 0 Å². The van der Waals surface area contributed by atoms with Crippen LogP contribution in [0.1, 0.15) is 47.3 Å². The molecule has 6 nitrogen and oxygen atoms in total. The number of carboxylic acids is 1. The summed E-state index contributed by atoms with van der Waals surface area (Å²) in [5.74, 6) is -0.0641. The number of benzene rings is 1. The van der Waals surface area contributed by atoms with E-state index >= 15 is 0 Å². The van der Waals surface area contributed by atoms with Gasteiger partial charge in [-0.2, -0.15) is 4.98 Å². The number of carbonyl (C=O) groups is 1. The smallest absolute Gasteiger partial charge is 0.328 e. The van der Waals surface area contributed by atoms with Crippen LogP contribution in [0.15, 0.2) is 18.2 Å². The lowest BCUT2D eigenvalue weighted by Gasteiger charge is -2.27. The fourth-order valence-electron chi connectivity index (χ4n) is 2.92. The van der Waals surface area contributed by atoms with Gasteiger partial charge in [0.15, 0.2) is 6.04 Å². The van der Waals surface area contributed by atoms with Crippen LogP contribution in [0.3, 0.4) is 0 Å². The Bertz CT molecular complexity index is 708. The highest BCUT2D eigenvalue weighted by Gasteiger charge is 2.34. The second-order valence-corrected chi connectivity index (χ2v) is 5.60. The maximum atomic E-state index is 11.3. The average molecular weight is 286 g/mol. The van der Waals surface area contributed by atoms with Gasteiger partial charge < -0.3 is 10.8 Å². The molecule has 1 aromatic carbocycles. The van der Waals surface area contributed by atoms with Gasteiger partial charge in [-0.3, -0.25) is 0 Å².